The number of hydrogen-bond donors (Lipinski definition) is 0. The molecule has 222 valence electrons. The summed E-state index contributed by atoms with van der Waals surface area (Å²) in [6.45, 7) is 7.34. The molecule has 0 spiro atoms. The zero-order valence-electron chi connectivity index (χ0n) is 25.6. The normalized spacial score (nSPS) is 12.6. The van der Waals surface area contributed by atoms with Crippen LogP contribution in [0.25, 0.3) is 0 Å². The Labute approximate surface area is 271 Å². The van der Waals surface area contributed by atoms with Crippen LogP contribution in [0.4, 0.5) is 0 Å². The molecule has 0 saturated carbocycles. The van der Waals surface area contributed by atoms with Gasteiger partial charge in [0.15, 0.2) is 0 Å². The van der Waals surface area contributed by atoms with E-state index in [4.69, 9.17) is 9.47 Å². The third kappa shape index (κ3) is 9.27. The fourth-order valence-electron chi connectivity index (χ4n) is 5.62. The van der Waals surface area contributed by atoms with E-state index in [0.29, 0.717) is 12.5 Å². The topological polar surface area (TPSA) is 18.5 Å². The molecular formula is C38H46IO2P. The fraction of sp³-hybridized carbons (Fsp3) is 0.316. The Morgan fingerprint density at radius 3 is 1.67 bits per heavy atom. The lowest BCUT2D eigenvalue weighted by Gasteiger charge is -2.28. The second-order valence-corrected chi connectivity index (χ2v) is 14.8. The highest BCUT2D eigenvalue weighted by Gasteiger charge is 2.44. The molecule has 0 saturated heterocycles. The van der Waals surface area contributed by atoms with Crippen molar-refractivity contribution < 1.29 is 33.5 Å². The van der Waals surface area contributed by atoms with Gasteiger partial charge < -0.3 is 33.5 Å². The quantitative estimate of drug-likeness (QED) is 0.0686. The van der Waals surface area contributed by atoms with Crippen molar-refractivity contribution in [1.29, 1.82) is 0 Å². The molecule has 4 heteroatoms. The van der Waals surface area contributed by atoms with Gasteiger partial charge in [-0.1, -0.05) is 85.3 Å². The van der Waals surface area contributed by atoms with E-state index in [-0.39, 0.29) is 30.1 Å². The van der Waals surface area contributed by atoms with Crippen LogP contribution in [0.1, 0.15) is 52.0 Å². The van der Waals surface area contributed by atoms with Crippen molar-refractivity contribution in [1.82, 2.24) is 0 Å². The maximum atomic E-state index is 6.54. The van der Waals surface area contributed by atoms with E-state index >= 15 is 0 Å². The Balaban J connectivity index is 0.00000484. The SMILES string of the molecule is COc1ccc(CO[C@H](CC=C(C)C)[C@@H](C)CCCC[P+](c2ccccc2)(c2ccccc2)c2ccccc2)cc1.[I-]. The standard InChI is InChI=1S/C38H46O2P.HI/c1-31(2)23-28-38(40-30-33-24-26-34(39-4)27-25-33)32(3)16-14-15-29-41(35-17-8-5-9-18-35,36-19-10-6-11-20-36)37-21-12-7-13-22-37;/h5-13,17-27,32,38H,14-16,28-30H2,1-4H3;1H/q+1;/p-1/t32-,38+;/m0./s1. The third-order valence-electron chi connectivity index (χ3n) is 8.01. The molecule has 0 heterocycles. The Hall–Kier alpha value is -2.46. The van der Waals surface area contributed by atoms with Crippen molar-refractivity contribution in [2.45, 2.75) is 59.2 Å². The van der Waals surface area contributed by atoms with Crippen LogP contribution in [0.5, 0.6) is 5.75 Å². The highest BCUT2D eigenvalue weighted by molar-refractivity contribution is 7.95. The number of hydrogen-bond acceptors (Lipinski definition) is 2. The summed E-state index contributed by atoms with van der Waals surface area (Å²) in [5, 5.41) is 4.40. The Morgan fingerprint density at radius 2 is 1.21 bits per heavy atom. The molecule has 0 amide bonds. The number of unbranched alkanes of at least 4 members (excludes halogenated alkanes) is 1. The summed E-state index contributed by atoms with van der Waals surface area (Å²) in [6.07, 6.45) is 8.17. The minimum absolute atomic E-state index is 0. The second kappa shape index (κ2) is 17.6. The van der Waals surface area contributed by atoms with Gasteiger partial charge in [-0.3, -0.25) is 0 Å². The van der Waals surface area contributed by atoms with Gasteiger partial charge in [-0.2, -0.15) is 0 Å². The van der Waals surface area contributed by atoms with Gasteiger partial charge in [-0.25, -0.2) is 0 Å². The van der Waals surface area contributed by atoms with Crippen molar-refractivity contribution in [2.75, 3.05) is 13.3 Å². The second-order valence-electron chi connectivity index (χ2n) is 11.2. The van der Waals surface area contributed by atoms with Crippen LogP contribution in [-0.4, -0.2) is 19.4 Å². The summed E-state index contributed by atoms with van der Waals surface area (Å²) >= 11 is 0. The number of allylic oxidation sites excluding steroid dienone is 1. The monoisotopic (exact) mass is 692 g/mol. The summed E-state index contributed by atoms with van der Waals surface area (Å²) in [4.78, 5) is 0. The van der Waals surface area contributed by atoms with Gasteiger partial charge in [0.05, 0.1) is 26.0 Å². The van der Waals surface area contributed by atoms with Crippen LogP contribution in [0.15, 0.2) is 127 Å². The van der Waals surface area contributed by atoms with Gasteiger partial charge in [0.2, 0.25) is 0 Å². The van der Waals surface area contributed by atoms with Crippen molar-refractivity contribution >= 4 is 23.2 Å². The Bertz CT molecular complexity index is 1220. The van der Waals surface area contributed by atoms with E-state index in [0.717, 1.165) is 18.6 Å². The van der Waals surface area contributed by atoms with Crippen molar-refractivity contribution in [3.8, 4) is 5.75 Å². The van der Waals surface area contributed by atoms with E-state index in [1.165, 1.54) is 46.1 Å². The Morgan fingerprint density at radius 1 is 0.714 bits per heavy atom. The van der Waals surface area contributed by atoms with Crippen LogP contribution in [0, 0.1) is 5.92 Å². The molecule has 4 aromatic rings. The van der Waals surface area contributed by atoms with E-state index in [9.17, 15) is 0 Å². The van der Waals surface area contributed by atoms with E-state index < -0.39 is 7.26 Å². The predicted molar refractivity (Wildman–Crippen MR) is 179 cm³/mol. The van der Waals surface area contributed by atoms with E-state index in [1.807, 2.05) is 12.1 Å². The summed E-state index contributed by atoms with van der Waals surface area (Å²) in [5.41, 5.74) is 2.53. The zero-order chi connectivity index (χ0) is 28.9. The number of methoxy groups -OCH3 is 1. The third-order valence-corrected chi connectivity index (χ3v) is 12.5. The molecule has 4 rings (SSSR count). The fourth-order valence-corrected chi connectivity index (χ4v) is 10.0. The average molecular weight is 693 g/mol. The van der Waals surface area contributed by atoms with Crippen LogP contribution >= 0.6 is 7.26 Å². The van der Waals surface area contributed by atoms with Gasteiger partial charge in [0, 0.05) is 0 Å². The molecule has 0 radical (unpaired) electrons. The van der Waals surface area contributed by atoms with Crippen LogP contribution < -0.4 is 44.6 Å². The predicted octanol–water partition coefficient (Wildman–Crippen LogP) is 5.74. The molecule has 2 atom stereocenters. The highest BCUT2D eigenvalue weighted by Crippen LogP contribution is 2.56. The van der Waals surface area contributed by atoms with Gasteiger partial charge in [0.1, 0.15) is 28.9 Å². The molecule has 0 N–H and O–H groups in total. The Kier molecular flexibility index (Phi) is 14.3. The number of benzene rings is 4. The molecular weight excluding hydrogens is 646 g/mol. The highest BCUT2D eigenvalue weighted by atomic mass is 127. The average Bonchev–Trinajstić information content (AvgIpc) is 3.02. The van der Waals surface area contributed by atoms with Gasteiger partial charge in [-0.05, 0) is 99.5 Å². The van der Waals surface area contributed by atoms with Gasteiger partial charge in [-0.15, -0.1) is 0 Å². The van der Waals surface area contributed by atoms with Crippen molar-refractivity contribution in [2.24, 2.45) is 5.92 Å². The lowest BCUT2D eigenvalue weighted by Crippen LogP contribution is -3.00. The minimum Gasteiger partial charge on any atom is -1.00 e. The lowest BCUT2D eigenvalue weighted by molar-refractivity contribution is -0.0000196. The molecule has 0 aliphatic heterocycles. The molecule has 0 aromatic heterocycles. The first kappa shape index (κ1) is 34.0. The van der Waals surface area contributed by atoms with Crippen molar-refractivity contribution in [3.05, 3.63) is 132 Å². The molecule has 0 unspecified atom stereocenters. The van der Waals surface area contributed by atoms with Crippen LogP contribution in [-0.2, 0) is 11.3 Å². The van der Waals surface area contributed by atoms with E-state index in [1.54, 1.807) is 7.11 Å². The summed E-state index contributed by atoms with van der Waals surface area (Å²) < 4.78 is 11.9. The van der Waals surface area contributed by atoms with Crippen LogP contribution in [0.2, 0.25) is 0 Å². The number of ether oxygens (including phenoxy) is 2. The summed E-state index contributed by atoms with van der Waals surface area (Å²) in [5.74, 6) is 1.35. The molecule has 0 aliphatic carbocycles. The zero-order valence-corrected chi connectivity index (χ0v) is 28.6. The van der Waals surface area contributed by atoms with Crippen LogP contribution in [0.3, 0.4) is 0 Å². The lowest BCUT2D eigenvalue weighted by atomic mass is 9.95. The molecule has 0 bridgehead atoms. The van der Waals surface area contributed by atoms with Crippen molar-refractivity contribution in [3.63, 3.8) is 0 Å². The summed E-state index contributed by atoms with van der Waals surface area (Å²) in [6, 6.07) is 41.9. The number of halogens is 1. The first-order valence-electron chi connectivity index (χ1n) is 15.0. The first-order chi connectivity index (χ1) is 20.0. The minimum atomic E-state index is -1.77. The van der Waals surface area contributed by atoms with E-state index in [2.05, 4.69) is 130 Å². The maximum absolute atomic E-state index is 6.54. The smallest absolute Gasteiger partial charge is 0.118 e. The molecule has 0 aliphatic rings. The maximum Gasteiger partial charge on any atom is 0.118 e. The molecule has 42 heavy (non-hydrogen) atoms. The summed E-state index contributed by atoms with van der Waals surface area (Å²) in [7, 11) is -0.0707. The molecule has 2 nitrogen and oxygen atoms in total. The van der Waals surface area contributed by atoms with Gasteiger partial charge >= 0.3 is 0 Å². The van der Waals surface area contributed by atoms with Gasteiger partial charge in [0.25, 0.3) is 0 Å². The molecule has 0 fully saturated rings. The molecule has 4 aromatic carbocycles. The number of rotatable bonds is 15. The first-order valence-corrected chi connectivity index (χ1v) is 16.9. The largest absolute Gasteiger partial charge is 1.00 e.